The summed E-state index contributed by atoms with van der Waals surface area (Å²) in [6.45, 7) is 0.624. The molecular formula is C14H19FN2O3. The number of amides is 1. The van der Waals surface area contributed by atoms with Crippen LogP contribution in [-0.4, -0.2) is 23.5 Å². The van der Waals surface area contributed by atoms with E-state index in [4.69, 9.17) is 10.8 Å². The molecule has 4 N–H and O–H groups in total. The molecule has 0 aliphatic carbocycles. The number of anilines is 1. The van der Waals surface area contributed by atoms with Gasteiger partial charge in [0.05, 0.1) is 5.56 Å². The molecule has 0 radical (unpaired) electrons. The zero-order valence-corrected chi connectivity index (χ0v) is 11.2. The highest BCUT2D eigenvalue weighted by molar-refractivity contribution is 5.98. The van der Waals surface area contributed by atoms with Crippen molar-refractivity contribution in [3.05, 3.63) is 29.6 Å². The van der Waals surface area contributed by atoms with E-state index in [9.17, 15) is 14.0 Å². The van der Waals surface area contributed by atoms with Gasteiger partial charge in [0.1, 0.15) is 5.82 Å². The Balaban J connectivity index is 2.32. The number of carbonyl (C=O) groups is 2. The number of carboxylic acid groups (broad SMARTS) is 1. The van der Waals surface area contributed by atoms with Crippen molar-refractivity contribution in [1.29, 1.82) is 0 Å². The molecular weight excluding hydrogens is 263 g/mol. The van der Waals surface area contributed by atoms with E-state index in [0.29, 0.717) is 18.7 Å². The number of primary amides is 1. The van der Waals surface area contributed by atoms with E-state index in [-0.39, 0.29) is 12.0 Å². The highest BCUT2D eigenvalue weighted by atomic mass is 19.1. The number of nitrogens with two attached hydrogens (primary N) is 1. The summed E-state index contributed by atoms with van der Waals surface area (Å²) in [5.41, 5.74) is 5.83. The van der Waals surface area contributed by atoms with Crippen molar-refractivity contribution in [2.24, 2.45) is 5.73 Å². The number of hydrogen-bond donors (Lipinski definition) is 3. The number of aliphatic carboxylic acids is 1. The average Bonchev–Trinajstić information content (AvgIpc) is 2.38. The van der Waals surface area contributed by atoms with Crippen molar-refractivity contribution >= 4 is 17.6 Å². The second-order valence-electron chi connectivity index (χ2n) is 4.54. The maximum absolute atomic E-state index is 13.0. The second kappa shape index (κ2) is 8.14. The molecule has 0 bridgehead atoms. The maximum Gasteiger partial charge on any atom is 0.303 e. The van der Waals surface area contributed by atoms with E-state index in [1.165, 1.54) is 12.1 Å². The molecule has 0 saturated heterocycles. The number of nitrogens with one attached hydrogen (secondary N) is 1. The number of unbranched alkanes of at least 4 members (excludes halogenated alkanes) is 3. The molecule has 6 heteroatoms. The van der Waals surface area contributed by atoms with Crippen LogP contribution in [0.15, 0.2) is 18.2 Å². The van der Waals surface area contributed by atoms with Crippen LogP contribution in [0, 0.1) is 5.82 Å². The zero-order chi connectivity index (χ0) is 15.0. The molecule has 0 saturated carbocycles. The minimum absolute atomic E-state index is 0.135. The van der Waals surface area contributed by atoms with E-state index >= 15 is 0 Å². The first kappa shape index (κ1) is 15.9. The monoisotopic (exact) mass is 282 g/mol. The van der Waals surface area contributed by atoms with Crippen molar-refractivity contribution < 1.29 is 19.1 Å². The van der Waals surface area contributed by atoms with E-state index in [0.717, 1.165) is 25.3 Å². The Bertz CT molecular complexity index is 477. The van der Waals surface area contributed by atoms with Gasteiger partial charge in [-0.1, -0.05) is 12.8 Å². The van der Waals surface area contributed by atoms with Gasteiger partial charge in [-0.2, -0.15) is 0 Å². The molecule has 0 unspecified atom stereocenters. The first-order chi connectivity index (χ1) is 9.50. The van der Waals surface area contributed by atoms with Crippen molar-refractivity contribution in [2.45, 2.75) is 32.1 Å². The third-order valence-corrected chi connectivity index (χ3v) is 2.88. The van der Waals surface area contributed by atoms with Gasteiger partial charge in [0.25, 0.3) is 5.91 Å². The lowest BCUT2D eigenvalue weighted by atomic mass is 10.1. The summed E-state index contributed by atoms with van der Waals surface area (Å²) < 4.78 is 13.0. The summed E-state index contributed by atoms with van der Waals surface area (Å²) in [7, 11) is 0. The van der Waals surface area contributed by atoms with Crippen LogP contribution in [0.3, 0.4) is 0 Å². The summed E-state index contributed by atoms with van der Waals surface area (Å²) in [6, 6.07) is 3.86. The van der Waals surface area contributed by atoms with Crippen LogP contribution < -0.4 is 11.1 Å². The van der Waals surface area contributed by atoms with Crippen LogP contribution in [0.25, 0.3) is 0 Å². The molecule has 1 aromatic rings. The molecule has 0 aliphatic rings. The second-order valence-corrected chi connectivity index (χ2v) is 4.54. The number of carboxylic acids is 1. The molecule has 0 atom stereocenters. The van der Waals surface area contributed by atoms with Gasteiger partial charge in [-0.3, -0.25) is 9.59 Å². The number of hydrogen-bond acceptors (Lipinski definition) is 3. The molecule has 1 rings (SSSR count). The zero-order valence-electron chi connectivity index (χ0n) is 11.2. The van der Waals surface area contributed by atoms with Gasteiger partial charge in [-0.05, 0) is 31.0 Å². The van der Waals surface area contributed by atoms with Gasteiger partial charge < -0.3 is 16.2 Å². The number of rotatable bonds is 9. The first-order valence-corrected chi connectivity index (χ1v) is 6.55. The molecule has 5 nitrogen and oxygen atoms in total. The van der Waals surface area contributed by atoms with Crippen molar-refractivity contribution in [3.63, 3.8) is 0 Å². The fourth-order valence-corrected chi connectivity index (χ4v) is 1.85. The van der Waals surface area contributed by atoms with Crippen LogP contribution >= 0.6 is 0 Å². The fourth-order valence-electron chi connectivity index (χ4n) is 1.85. The SMILES string of the molecule is NC(=O)c1cc(F)ccc1NCCCCCCC(=O)O. The highest BCUT2D eigenvalue weighted by Crippen LogP contribution is 2.16. The standard InChI is InChI=1S/C14H19FN2O3/c15-10-6-7-12(11(9-10)14(16)20)17-8-4-2-1-3-5-13(18)19/h6-7,9,17H,1-5,8H2,(H2,16,20)(H,18,19). The minimum atomic E-state index is -0.777. The molecule has 20 heavy (non-hydrogen) atoms. The van der Waals surface area contributed by atoms with Crippen LogP contribution in [0.5, 0.6) is 0 Å². The third kappa shape index (κ3) is 5.69. The van der Waals surface area contributed by atoms with Crippen LogP contribution in [0.2, 0.25) is 0 Å². The Hall–Kier alpha value is -2.11. The molecule has 1 amide bonds. The van der Waals surface area contributed by atoms with Gasteiger partial charge in [-0.25, -0.2) is 4.39 Å². The van der Waals surface area contributed by atoms with E-state index in [1.807, 2.05) is 0 Å². The predicted octanol–water partition coefficient (Wildman–Crippen LogP) is 2.37. The summed E-state index contributed by atoms with van der Waals surface area (Å²) in [5, 5.41) is 11.5. The Morgan fingerprint density at radius 3 is 2.55 bits per heavy atom. The Kier molecular flexibility index (Phi) is 6.49. The van der Waals surface area contributed by atoms with Gasteiger partial charge >= 0.3 is 5.97 Å². The largest absolute Gasteiger partial charge is 0.481 e. The van der Waals surface area contributed by atoms with Crippen molar-refractivity contribution in [1.82, 2.24) is 0 Å². The normalized spacial score (nSPS) is 10.2. The number of benzene rings is 1. The molecule has 0 fully saturated rings. The summed E-state index contributed by atoms with van der Waals surface area (Å²) in [4.78, 5) is 21.5. The van der Waals surface area contributed by atoms with Crippen LogP contribution in [0.4, 0.5) is 10.1 Å². The summed E-state index contributed by atoms with van der Waals surface area (Å²) >= 11 is 0. The van der Waals surface area contributed by atoms with Crippen molar-refractivity contribution in [2.75, 3.05) is 11.9 Å². The molecule has 0 aromatic heterocycles. The molecule has 0 heterocycles. The first-order valence-electron chi connectivity index (χ1n) is 6.55. The lowest BCUT2D eigenvalue weighted by Crippen LogP contribution is -2.15. The van der Waals surface area contributed by atoms with Gasteiger partial charge in [-0.15, -0.1) is 0 Å². The highest BCUT2D eigenvalue weighted by Gasteiger charge is 2.08. The molecule has 1 aromatic carbocycles. The quantitative estimate of drug-likeness (QED) is 0.606. The lowest BCUT2D eigenvalue weighted by Gasteiger charge is -2.10. The van der Waals surface area contributed by atoms with Crippen LogP contribution in [0.1, 0.15) is 42.5 Å². The Morgan fingerprint density at radius 2 is 1.90 bits per heavy atom. The maximum atomic E-state index is 13.0. The molecule has 110 valence electrons. The van der Waals surface area contributed by atoms with Gasteiger partial charge in [0.15, 0.2) is 0 Å². The molecule has 0 spiro atoms. The lowest BCUT2D eigenvalue weighted by molar-refractivity contribution is -0.137. The van der Waals surface area contributed by atoms with Crippen molar-refractivity contribution in [3.8, 4) is 0 Å². The smallest absolute Gasteiger partial charge is 0.303 e. The topological polar surface area (TPSA) is 92.4 Å². The summed E-state index contributed by atoms with van der Waals surface area (Å²) in [6.07, 6.45) is 3.44. The van der Waals surface area contributed by atoms with E-state index in [1.54, 1.807) is 0 Å². The van der Waals surface area contributed by atoms with E-state index < -0.39 is 17.7 Å². The van der Waals surface area contributed by atoms with Gasteiger partial charge in [0, 0.05) is 18.7 Å². The third-order valence-electron chi connectivity index (χ3n) is 2.88. The number of carbonyl (C=O) groups excluding carboxylic acids is 1. The minimum Gasteiger partial charge on any atom is -0.481 e. The predicted molar refractivity (Wildman–Crippen MR) is 74.1 cm³/mol. The van der Waals surface area contributed by atoms with E-state index in [2.05, 4.69) is 5.32 Å². The molecule has 0 aliphatic heterocycles. The summed E-state index contributed by atoms with van der Waals surface area (Å²) in [5.74, 6) is -1.95. The van der Waals surface area contributed by atoms with Gasteiger partial charge in [0.2, 0.25) is 0 Å². The number of halogens is 1. The Morgan fingerprint density at radius 1 is 1.20 bits per heavy atom. The Labute approximate surface area is 117 Å². The fraction of sp³-hybridized carbons (Fsp3) is 0.429. The van der Waals surface area contributed by atoms with Crippen LogP contribution in [-0.2, 0) is 4.79 Å². The average molecular weight is 282 g/mol.